The number of pyridine rings is 1. The summed E-state index contributed by atoms with van der Waals surface area (Å²) in [4.78, 5) is 16.8. The minimum absolute atomic E-state index is 0.231. The fourth-order valence-electron chi connectivity index (χ4n) is 2.77. The molecule has 7 nitrogen and oxygen atoms in total. The molecule has 138 valence electrons. The Morgan fingerprint density at radius 2 is 2.19 bits per heavy atom. The Morgan fingerprint density at radius 3 is 3.00 bits per heavy atom. The van der Waals surface area contributed by atoms with Gasteiger partial charge in [0.25, 0.3) is 5.91 Å². The van der Waals surface area contributed by atoms with Crippen LogP contribution in [0.2, 0.25) is 0 Å². The van der Waals surface area contributed by atoms with Crippen molar-refractivity contribution in [1.82, 2.24) is 25.1 Å². The van der Waals surface area contributed by atoms with Crippen molar-refractivity contribution in [2.45, 2.75) is 25.3 Å². The number of ether oxygens (including phenoxy) is 1. The van der Waals surface area contributed by atoms with Crippen molar-refractivity contribution in [2.24, 2.45) is 0 Å². The monoisotopic (exact) mass is 427 g/mol. The van der Waals surface area contributed by atoms with E-state index in [4.69, 9.17) is 4.74 Å². The van der Waals surface area contributed by atoms with Gasteiger partial charge in [0.2, 0.25) is 5.88 Å². The molecule has 0 spiro atoms. The molecule has 1 aliphatic carbocycles. The molecule has 1 aromatic carbocycles. The third-order valence-corrected chi connectivity index (χ3v) is 4.74. The molecule has 1 fully saturated rings. The average molecular weight is 428 g/mol. The molecule has 2 heterocycles. The minimum atomic E-state index is -0.231. The maximum absolute atomic E-state index is 12.6. The number of nitrogens with zero attached hydrogens (tertiary/aromatic N) is 4. The number of aromatic nitrogens is 4. The summed E-state index contributed by atoms with van der Waals surface area (Å²) < 4.78 is 8.78. The first-order valence-electron chi connectivity index (χ1n) is 8.76. The first-order chi connectivity index (χ1) is 13.2. The summed E-state index contributed by atoms with van der Waals surface area (Å²) in [5.74, 6) is 1.55. The third-order valence-electron chi connectivity index (χ3n) is 4.25. The molecule has 1 amide bonds. The van der Waals surface area contributed by atoms with Crippen molar-refractivity contribution in [3.05, 3.63) is 64.8 Å². The molecule has 0 bridgehead atoms. The molecule has 1 N–H and O–H groups in total. The van der Waals surface area contributed by atoms with Gasteiger partial charge in [-0.1, -0.05) is 22.0 Å². The van der Waals surface area contributed by atoms with E-state index in [-0.39, 0.29) is 11.8 Å². The molecular weight excluding hydrogens is 410 g/mol. The van der Waals surface area contributed by atoms with Crippen LogP contribution in [0.3, 0.4) is 0 Å². The highest BCUT2D eigenvalue weighted by Crippen LogP contribution is 2.35. The standard InChI is InChI=1S/C19H18BrN5O2/c20-13-3-1-4-15(11-13)27-19-16(5-2-9-22-19)18(26)21-10-8-17-24-23-12-25(17)14-6-7-14/h1-5,9,11-12,14H,6-8,10H2,(H,21,26). The van der Waals surface area contributed by atoms with E-state index >= 15 is 0 Å². The van der Waals surface area contributed by atoms with Crippen LogP contribution in [0, 0.1) is 0 Å². The summed E-state index contributed by atoms with van der Waals surface area (Å²) in [7, 11) is 0. The van der Waals surface area contributed by atoms with E-state index in [1.54, 1.807) is 24.7 Å². The van der Waals surface area contributed by atoms with Crippen LogP contribution >= 0.6 is 15.9 Å². The van der Waals surface area contributed by atoms with E-state index in [0.717, 1.165) is 10.3 Å². The van der Waals surface area contributed by atoms with Crippen LogP contribution in [0.1, 0.15) is 35.1 Å². The van der Waals surface area contributed by atoms with E-state index < -0.39 is 0 Å². The maximum Gasteiger partial charge on any atom is 0.256 e. The largest absolute Gasteiger partial charge is 0.438 e. The van der Waals surface area contributed by atoms with Gasteiger partial charge in [0, 0.05) is 29.7 Å². The lowest BCUT2D eigenvalue weighted by Gasteiger charge is -2.11. The highest BCUT2D eigenvalue weighted by Gasteiger charge is 2.25. The van der Waals surface area contributed by atoms with Crippen molar-refractivity contribution in [1.29, 1.82) is 0 Å². The lowest BCUT2D eigenvalue weighted by Crippen LogP contribution is -2.27. The van der Waals surface area contributed by atoms with Gasteiger partial charge >= 0.3 is 0 Å². The van der Waals surface area contributed by atoms with Crippen LogP contribution in [0.4, 0.5) is 0 Å². The van der Waals surface area contributed by atoms with Crippen molar-refractivity contribution < 1.29 is 9.53 Å². The van der Waals surface area contributed by atoms with Crippen LogP contribution in [0.15, 0.2) is 53.4 Å². The molecule has 27 heavy (non-hydrogen) atoms. The van der Waals surface area contributed by atoms with Crippen molar-refractivity contribution >= 4 is 21.8 Å². The number of halogens is 1. The third kappa shape index (κ3) is 4.33. The molecule has 8 heteroatoms. The molecule has 0 unspecified atom stereocenters. The predicted molar refractivity (Wildman–Crippen MR) is 103 cm³/mol. The van der Waals surface area contributed by atoms with Gasteiger partial charge in [0.15, 0.2) is 0 Å². The highest BCUT2D eigenvalue weighted by atomic mass is 79.9. The highest BCUT2D eigenvalue weighted by molar-refractivity contribution is 9.10. The quantitative estimate of drug-likeness (QED) is 0.623. The second kappa shape index (κ2) is 7.87. The zero-order valence-electron chi connectivity index (χ0n) is 14.5. The molecule has 2 aromatic heterocycles. The Morgan fingerprint density at radius 1 is 1.30 bits per heavy atom. The van der Waals surface area contributed by atoms with Crippen LogP contribution in [-0.4, -0.2) is 32.2 Å². The van der Waals surface area contributed by atoms with Gasteiger partial charge in [-0.2, -0.15) is 0 Å². The Kier molecular flexibility index (Phi) is 5.15. The van der Waals surface area contributed by atoms with Gasteiger partial charge in [-0.15, -0.1) is 10.2 Å². The molecule has 1 aliphatic rings. The Hall–Kier alpha value is -2.74. The van der Waals surface area contributed by atoms with Crippen LogP contribution in [0.25, 0.3) is 0 Å². The fourth-order valence-corrected chi connectivity index (χ4v) is 3.15. The van der Waals surface area contributed by atoms with Crippen molar-refractivity contribution in [3.63, 3.8) is 0 Å². The number of rotatable bonds is 7. The van der Waals surface area contributed by atoms with E-state index in [2.05, 4.69) is 41.0 Å². The first-order valence-corrected chi connectivity index (χ1v) is 9.55. The Bertz CT molecular complexity index is 955. The topological polar surface area (TPSA) is 81.9 Å². The van der Waals surface area contributed by atoms with Crippen molar-refractivity contribution in [3.8, 4) is 11.6 Å². The predicted octanol–water partition coefficient (Wildman–Crippen LogP) is 3.54. The number of nitrogens with one attached hydrogen (secondary N) is 1. The zero-order chi connectivity index (χ0) is 18.6. The first kappa shape index (κ1) is 17.7. The summed E-state index contributed by atoms with van der Waals surface area (Å²) in [5.41, 5.74) is 0.390. The fraction of sp³-hybridized carbons (Fsp3) is 0.263. The van der Waals surface area contributed by atoms with Gasteiger partial charge in [-0.05, 0) is 43.2 Å². The van der Waals surface area contributed by atoms with Gasteiger partial charge in [0.05, 0.1) is 0 Å². The number of benzene rings is 1. The lowest BCUT2D eigenvalue weighted by molar-refractivity contribution is 0.0951. The van der Waals surface area contributed by atoms with Crippen LogP contribution in [0.5, 0.6) is 11.6 Å². The molecule has 0 atom stereocenters. The smallest absolute Gasteiger partial charge is 0.256 e. The van der Waals surface area contributed by atoms with E-state index in [0.29, 0.717) is 30.3 Å². The minimum Gasteiger partial charge on any atom is -0.438 e. The molecule has 3 aromatic rings. The summed E-state index contributed by atoms with van der Waals surface area (Å²) in [6.07, 6.45) is 6.33. The number of hydrogen-bond acceptors (Lipinski definition) is 5. The summed E-state index contributed by atoms with van der Waals surface area (Å²) >= 11 is 3.40. The van der Waals surface area contributed by atoms with E-state index in [1.807, 2.05) is 24.3 Å². The second-order valence-corrected chi connectivity index (χ2v) is 7.22. The SMILES string of the molecule is O=C(NCCc1nncn1C1CC1)c1cccnc1Oc1cccc(Br)c1. The van der Waals surface area contributed by atoms with Crippen LogP contribution in [-0.2, 0) is 6.42 Å². The molecule has 0 radical (unpaired) electrons. The van der Waals surface area contributed by atoms with Gasteiger partial charge in [0.1, 0.15) is 23.5 Å². The maximum atomic E-state index is 12.6. The number of carbonyl (C=O) groups excluding carboxylic acids is 1. The zero-order valence-corrected chi connectivity index (χ0v) is 16.1. The lowest BCUT2D eigenvalue weighted by atomic mass is 10.2. The summed E-state index contributed by atoms with van der Waals surface area (Å²) in [6.45, 7) is 0.468. The van der Waals surface area contributed by atoms with Crippen LogP contribution < -0.4 is 10.1 Å². The van der Waals surface area contributed by atoms with Crippen molar-refractivity contribution in [2.75, 3.05) is 6.54 Å². The molecule has 4 rings (SSSR count). The second-order valence-electron chi connectivity index (χ2n) is 6.31. The molecule has 1 saturated carbocycles. The van der Waals surface area contributed by atoms with Gasteiger partial charge in [-0.3, -0.25) is 4.79 Å². The van der Waals surface area contributed by atoms with Gasteiger partial charge in [-0.25, -0.2) is 4.98 Å². The number of amides is 1. The number of hydrogen-bond donors (Lipinski definition) is 1. The summed E-state index contributed by atoms with van der Waals surface area (Å²) in [5, 5.41) is 11.0. The summed E-state index contributed by atoms with van der Waals surface area (Å²) in [6, 6.07) is 11.3. The molecular formula is C19H18BrN5O2. The molecule has 0 saturated heterocycles. The Labute approximate surface area is 164 Å². The molecule has 0 aliphatic heterocycles. The average Bonchev–Trinajstić information content (AvgIpc) is 3.41. The van der Waals surface area contributed by atoms with Gasteiger partial charge < -0.3 is 14.6 Å². The Balaban J connectivity index is 1.40. The number of carbonyl (C=O) groups is 1. The van der Waals surface area contributed by atoms with E-state index in [1.165, 1.54) is 12.8 Å². The van der Waals surface area contributed by atoms with E-state index in [9.17, 15) is 4.79 Å². The normalized spacial score (nSPS) is 13.4.